The smallest absolute Gasteiger partial charge is 0.341 e. The van der Waals surface area contributed by atoms with Gasteiger partial charge in [0, 0.05) is 9.90 Å². The summed E-state index contributed by atoms with van der Waals surface area (Å²) >= 11 is 7.32. The Morgan fingerprint density at radius 2 is 1.93 bits per heavy atom. The molecule has 1 amide bonds. The molecule has 0 bridgehead atoms. The monoisotopic (exact) mass is 407 g/mol. The van der Waals surface area contributed by atoms with Gasteiger partial charge in [-0.15, -0.1) is 11.3 Å². The van der Waals surface area contributed by atoms with Crippen LogP contribution in [0, 0.1) is 0 Å². The Balaban J connectivity index is 1.63. The molecule has 144 valence electrons. The largest absolute Gasteiger partial charge is 0.493 e. The number of hydrogen-bond donors (Lipinski definition) is 1. The van der Waals surface area contributed by atoms with Gasteiger partial charge >= 0.3 is 5.97 Å². The van der Waals surface area contributed by atoms with Crippen LogP contribution in [0.25, 0.3) is 0 Å². The van der Waals surface area contributed by atoms with E-state index in [1.807, 2.05) is 0 Å². The fourth-order valence-corrected chi connectivity index (χ4v) is 4.47. The average molecular weight is 408 g/mol. The van der Waals surface area contributed by atoms with E-state index in [2.05, 4.69) is 5.32 Å². The highest BCUT2D eigenvalue weighted by atomic mass is 35.5. The Bertz CT molecular complexity index is 816. The molecule has 0 fully saturated rings. The molecule has 1 aromatic heterocycles. The molecular formula is C20H22ClNO4S. The van der Waals surface area contributed by atoms with Crippen molar-refractivity contribution in [3.05, 3.63) is 45.3 Å². The number of halogens is 1. The van der Waals surface area contributed by atoms with Crippen LogP contribution in [-0.4, -0.2) is 25.1 Å². The quantitative estimate of drug-likeness (QED) is 0.665. The van der Waals surface area contributed by atoms with E-state index < -0.39 is 0 Å². The van der Waals surface area contributed by atoms with Crippen molar-refractivity contribution >= 4 is 39.8 Å². The molecule has 0 radical (unpaired) electrons. The van der Waals surface area contributed by atoms with Gasteiger partial charge in [0.15, 0.2) is 0 Å². The Hall–Kier alpha value is -2.05. The summed E-state index contributed by atoms with van der Waals surface area (Å²) in [5, 5.41) is 4.11. The Kier molecular flexibility index (Phi) is 6.74. The number of rotatable bonds is 7. The van der Waals surface area contributed by atoms with Crippen molar-refractivity contribution in [1.29, 1.82) is 0 Å². The number of thiophene rings is 1. The molecule has 0 unspecified atom stereocenters. The van der Waals surface area contributed by atoms with E-state index in [4.69, 9.17) is 21.1 Å². The molecule has 0 spiro atoms. The fraction of sp³-hybridized carbons (Fsp3) is 0.400. The van der Waals surface area contributed by atoms with E-state index in [1.54, 1.807) is 31.2 Å². The summed E-state index contributed by atoms with van der Waals surface area (Å²) in [6.07, 6.45) is 4.15. The molecule has 5 nitrogen and oxygen atoms in total. The predicted molar refractivity (Wildman–Crippen MR) is 107 cm³/mol. The van der Waals surface area contributed by atoms with Gasteiger partial charge in [-0.1, -0.05) is 11.6 Å². The van der Waals surface area contributed by atoms with Gasteiger partial charge in [-0.05, 0) is 62.4 Å². The predicted octanol–water partition coefficient (Wildman–Crippen LogP) is 4.86. The second-order valence-electron chi connectivity index (χ2n) is 6.24. The molecule has 1 aliphatic carbocycles. The molecule has 0 saturated carbocycles. The number of esters is 1. The molecule has 1 aromatic carbocycles. The zero-order chi connectivity index (χ0) is 19.2. The number of anilines is 1. The fourth-order valence-electron chi connectivity index (χ4n) is 3.05. The first-order valence-corrected chi connectivity index (χ1v) is 10.3. The van der Waals surface area contributed by atoms with Gasteiger partial charge in [0.25, 0.3) is 0 Å². The summed E-state index contributed by atoms with van der Waals surface area (Å²) in [5.74, 6) is 0.115. The van der Waals surface area contributed by atoms with Crippen LogP contribution in [0.1, 0.15) is 47.0 Å². The van der Waals surface area contributed by atoms with Crippen LogP contribution in [0.5, 0.6) is 5.75 Å². The van der Waals surface area contributed by atoms with Crippen molar-refractivity contribution in [1.82, 2.24) is 0 Å². The Labute approximate surface area is 167 Å². The highest BCUT2D eigenvalue weighted by Crippen LogP contribution is 2.38. The third-order valence-corrected chi connectivity index (χ3v) is 5.77. The van der Waals surface area contributed by atoms with Gasteiger partial charge < -0.3 is 14.8 Å². The lowest BCUT2D eigenvalue weighted by molar-refractivity contribution is -0.116. The molecule has 0 atom stereocenters. The van der Waals surface area contributed by atoms with Crippen LogP contribution < -0.4 is 10.1 Å². The first kappa shape index (κ1) is 19.7. The number of benzene rings is 1. The molecule has 1 N–H and O–H groups in total. The molecule has 2 aromatic rings. The van der Waals surface area contributed by atoms with E-state index in [1.165, 1.54) is 16.2 Å². The van der Waals surface area contributed by atoms with Gasteiger partial charge in [-0.2, -0.15) is 0 Å². The van der Waals surface area contributed by atoms with Crippen LogP contribution in [0.15, 0.2) is 24.3 Å². The number of nitrogens with one attached hydrogen (secondary N) is 1. The number of aryl methyl sites for hydroxylation is 1. The topological polar surface area (TPSA) is 64.6 Å². The number of amides is 1. The number of hydrogen-bond acceptors (Lipinski definition) is 5. The Morgan fingerprint density at radius 1 is 1.19 bits per heavy atom. The van der Waals surface area contributed by atoms with Crippen molar-refractivity contribution < 1.29 is 19.1 Å². The maximum Gasteiger partial charge on any atom is 0.341 e. The molecular weight excluding hydrogens is 386 g/mol. The van der Waals surface area contributed by atoms with E-state index in [0.717, 1.165) is 31.2 Å². The summed E-state index contributed by atoms with van der Waals surface area (Å²) in [6.45, 7) is 2.34. The average Bonchev–Trinajstić information content (AvgIpc) is 3.01. The zero-order valence-electron chi connectivity index (χ0n) is 15.2. The van der Waals surface area contributed by atoms with Crippen LogP contribution >= 0.6 is 22.9 Å². The number of fused-ring (bicyclic) bond motifs is 1. The number of carbonyl (C=O) groups is 2. The van der Waals surface area contributed by atoms with E-state index in [-0.39, 0.29) is 24.9 Å². The third kappa shape index (κ3) is 5.02. The van der Waals surface area contributed by atoms with Crippen molar-refractivity contribution in [2.24, 2.45) is 0 Å². The lowest BCUT2D eigenvalue weighted by Crippen LogP contribution is -2.17. The van der Waals surface area contributed by atoms with E-state index in [0.29, 0.717) is 27.9 Å². The molecule has 1 aliphatic rings. The Morgan fingerprint density at radius 3 is 2.67 bits per heavy atom. The van der Waals surface area contributed by atoms with Gasteiger partial charge in [-0.25, -0.2) is 4.79 Å². The minimum absolute atomic E-state index is 0.187. The van der Waals surface area contributed by atoms with Crippen molar-refractivity contribution in [2.75, 3.05) is 18.5 Å². The zero-order valence-corrected chi connectivity index (χ0v) is 16.8. The maximum absolute atomic E-state index is 12.4. The minimum Gasteiger partial charge on any atom is -0.493 e. The van der Waals surface area contributed by atoms with Gasteiger partial charge in [0.05, 0.1) is 25.2 Å². The summed E-state index contributed by atoms with van der Waals surface area (Å²) in [7, 11) is 0. The maximum atomic E-state index is 12.4. The van der Waals surface area contributed by atoms with Crippen molar-refractivity contribution in [3.8, 4) is 5.75 Å². The molecule has 27 heavy (non-hydrogen) atoms. The second-order valence-corrected chi connectivity index (χ2v) is 7.78. The normalized spacial score (nSPS) is 13.0. The summed E-state index contributed by atoms with van der Waals surface area (Å²) in [6, 6.07) is 6.98. The first-order chi connectivity index (χ1) is 13.1. The van der Waals surface area contributed by atoms with Crippen LogP contribution in [0.3, 0.4) is 0 Å². The molecule has 3 rings (SSSR count). The summed E-state index contributed by atoms with van der Waals surface area (Å²) < 4.78 is 10.8. The summed E-state index contributed by atoms with van der Waals surface area (Å²) in [5.41, 5.74) is 1.57. The number of carbonyl (C=O) groups excluding carboxylic acids is 2. The first-order valence-electron chi connectivity index (χ1n) is 9.08. The van der Waals surface area contributed by atoms with E-state index in [9.17, 15) is 9.59 Å². The van der Waals surface area contributed by atoms with Crippen LogP contribution in [0.2, 0.25) is 5.02 Å². The van der Waals surface area contributed by atoms with Gasteiger partial charge in [-0.3, -0.25) is 4.79 Å². The lowest BCUT2D eigenvalue weighted by Gasteiger charge is -2.12. The highest BCUT2D eigenvalue weighted by molar-refractivity contribution is 7.17. The van der Waals surface area contributed by atoms with E-state index >= 15 is 0 Å². The standard InChI is InChI=1S/C20H22ClNO4S/c1-2-25-20(24)18-15-5-3-4-6-16(15)27-19(18)22-17(23)11-12-26-14-9-7-13(21)8-10-14/h7-10H,2-6,11-12H2,1H3,(H,22,23). The van der Waals surface area contributed by atoms with Gasteiger partial charge in [0.2, 0.25) is 5.91 Å². The highest BCUT2D eigenvalue weighted by Gasteiger charge is 2.27. The van der Waals surface area contributed by atoms with Crippen molar-refractivity contribution in [3.63, 3.8) is 0 Å². The number of ether oxygens (including phenoxy) is 2. The van der Waals surface area contributed by atoms with Crippen LogP contribution in [-0.2, 0) is 22.4 Å². The molecule has 0 aliphatic heterocycles. The molecule has 7 heteroatoms. The third-order valence-electron chi connectivity index (χ3n) is 4.32. The summed E-state index contributed by atoms with van der Waals surface area (Å²) in [4.78, 5) is 25.9. The lowest BCUT2D eigenvalue weighted by atomic mass is 9.95. The second kappa shape index (κ2) is 9.24. The van der Waals surface area contributed by atoms with Crippen molar-refractivity contribution in [2.45, 2.75) is 39.0 Å². The molecule has 0 saturated heterocycles. The minimum atomic E-state index is -0.357. The SMILES string of the molecule is CCOC(=O)c1c(NC(=O)CCOc2ccc(Cl)cc2)sc2c1CCCC2. The van der Waals surface area contributed by atoms with Gasteiger partial charge in [0.1, 0.15) is 10.8 Å². The molecule has 1 heterocycles. The van der Waals surface area contributed by atoms with Crippen LogP contribution in [0.4, 0.5) is 5.00 Å².